The summed E-state index contributed by atoms with van der Waals surface area (Å²) in [4.78, 5) is 21.6. The molecule has 2 rings (SSSR count). The molecule has 0 aliphatic carbocycles. The number of nitro groups is 1. The van der Waals surface area contributed by atoms with E-state index in [2.05, 4.69) is 10.0 Å². The van der Waals surface area contributed by atoms with Crippen LogP contribution in [0.15, 0.2) is 53.4 Å². The summed E-state index contributed by atoms with van der Waals surface area (Å²) >= 11 is 0. The molecule has 9 nitrogen and oxygen atoms in total. The van der Waals surface area contributed by atoms with Crippen molar-refractivity contribution in [2.24, 2.45) is 0 Å². The second-order valence-corrected chi connectivity index (χ2v) is 8.24. The highest BCUT2D eigenvalue weighted by Gasteiger charge is 2.17. The van der Waals surface area contributed by atoms with Crippen molar-refractivity contribution < 1.29 is 22.9 Å². The fraction of sp³-hybridized carbons (Fsp3) is 0.235. The van der Waals surface area contributed by atoms with Crippen LogP contribution in [-0.4, -0.2) is 25.0 Å². The largest absolute Gasteiger partial charge is 0.444 e. The van der Waals surface area contributed by atoms with E-state index < -0.39 is 26.6 Å². The third-order valence-corrected chi connectivity index (χ3v) is 4.54. The Bertz CT molecular complexity index is 932. The van der Waals surface area contributed by atoms with Crippen molar-refractivity contribution >= 4 is 33.2 Å². The van der Waals surface area contributed by atoms with Crippen LogP contribution in [0, 0.1) is 10.1 Å². The number of hydrogen-bond acceptors (Lipinski definition) is 6. The molecule has 27 heavy (non-hydrogen) atoms. The zero-order valence-corrected chi connectivity index (χ0v) is 15.7. The highest BCUT2D eigenvalue weighted by atomic mass is 32.2. The minimum Gasteiger partial charge on any atom is -0.444 e. The van der Waals surface area contributed by atoms with Crippen LogP contribution in [0.1, 0.15) is 20.8 Å². The Morgan fingerprint density at radius 1 is 1.00 bits per heavy atom. The van der Waals surface area contributed by atoms with E-state index >= 15 is 0 Å². The summed E-state index contributed by atoms with van der Waals surface area (Å²) < 4.78 is 32.2. The molecular weight excluding hydrogens is 374 g/mol. The number of sulfonamides is 1. The lowest BCUT2D eigenvalue weighted by molar-refractivity contribution is -0.384. The van der Waals surface area contributed by atoms with E-state index in [9.17, 15) is 23.3 Å². The number of carbonyl (C=O) groups excluding carboxylic acids is 1. The van der Waals surface area contributed by atoms with Gasteiger partial charge in [-0.15, -0.1) is 0 Å². The Kier molecular flexibility index (Phi) is 5.69. The second-order valence-electron chi connectivity index (χ2n) is 6.56. The Labute approximate surface area is 156 Å². The molecule has 0 aliphatic heterocycles. The highest BCUT2D eigenvalue weighted by Crippen LogP contribution is 2.21. The number of hydrogen-bond donors (Lipinski definition) is 2. The number of benzene rings is 2. The van der Waals surface area contributed by atoms with Crippen LogP contribution in [0.3, 0.4) is 0 Å². The topological polar surface area (TPSA) is 128 Å². The number of non-ortho nitro benzene ring substituents is 1. The van der Waals surface area contributed by atoms with E-state index in [0.717, 1.165) is 24.3 Å². The lowest BCUT2D eigenvalue weighted by Crippen LogP contribution is -2.27. The van der Waals surface area contributed by atoms with E-state index in [1.807, 2.05) is 0 Å². The summed E-state index contributed by atoms with van der Waals surface area (Å²) in [7, 11) is -3.90. The van der Waals surface area contributed by atoms with Crippen LogP contribution in [0.25, 0.3) is 0 Å². The first-order valence-electron chi connectivity index (χ1n) is 7.84. The van der Waals surface area contributed by atoms with Gasteiger partial charge in [-0.3, -0.25) is 20.2 Å². The van der Waals surface area contributed by atoms with Crippen LogP contribution in [0.2, 0.25) is 0 Å². The monoisotopic (exact) mass is 393 g/mol. The molecule has 0 fully saturated rings. The molecule has 2 aromatic carbocycles. The summed E-state index contributed by atoms with van der Waals surface area (Å²) in [6.07, 6.45) is -0.623. The molecule has 1 amide bonds. The van der Waals surface area contributed by atoms with Crippen molar-refractivity contribution in [3.05, 3.63) is 58.6 Å². The number of nitro benzene ring substituents is 1. The average molecular weight is 393 g/mol. The van der Waals surface area contributed by atoms with Gasteiger partial charge in [0, 0.05) is 23.5 Å². The molecule has 0 heterocycles. The molecule has 0 unspecified atom stereocenters. The van der Waals surface area contributed by atoms with Gasteiger partial charge in [-0.25, -0.2) is 13.2 Å². The minimum absolute atomic E-state index is 0.107. The summed E-state index contributed by atoms with van der Waals surface area (Å²) in [6, 6.07) is 10.5. The predicted molar refractivity (Wildman–Crippen MR) is 100 cm³/mol. The summed E-state index contributed by atoms with van der Waals surface area (Å²) in [5.74, 6) is 0. The molecule has 2 N–H and O–H groups in total. The number of nitrogens with zero attached hydrogens (tertiary/aromatic N) is 1. The maximum atomic E-state index is 12.3. The summed E-state index contributed by atoms with van der Waals surface area (Å²) in [5.41, 5.74) is -0.137. The van der Waals surface area contributed by atoms with Crippen molar-refractivity contribution in [3.8, 4) is 0 Å². The molecule has 0 spiro atoms. The fourth-order valence-corrected chi connectivity index (χ4v) is 3.06. The van der Waals surface area contributed by atoms with Gasteiger partial charge in [-0.2, -0.15) is 0 Å². The number of ether oxygens (including phenoxy) is 1. The standard InChI is InChI=1S/C17H19N3O6S/c1-17(2,3)26-16(21)18-12-4-6-13(7-5-12)19-27(24,25)15-10-8-14(9-11-15)20(22)23/h4-11,19H,1-3H3,(H,18,21). The predicted octanol–water partition coefficient (Wildman–Crippen LogP) is 3.74. The van der Waals surface area contributed by atoms with Gasteiger partial charge in [-0.1, -0.05) is 0 Å². The van der Waals surface area contributed by atoms with Crippen LogP contribution < -0.4 is 10.0 Å². The van der Waals surface area contributed by atoms with Gasteiger partial charge in [0.05, 0.1) is 9.82 Å². The van der Waals surface area contributed by atoms with Gasteiger partial charge in [0.25, 0.3) is 15.7 Å². The molecular formula is C17H19N3O6S. The zero-order chi connectivity index (χ0) is 20.2. The molecule has 0 bridgehead atoms. The molecule has 0 atom stereocenters. The Balaban J connectivity index is 2.06. The van der Waals surface area contributed by atoms with Crippen LogP contribution in [0.5, 0.6) is 0 Å². The van der Waals surface area contributed by atoms with Gasteiger partial charge in [0.15, 0.2) is 0 Å². The number of amides is 1. The van der Waals surface area contributed by atoms with E-state index in [1.54, 1.807) is 20.8 Å². The summed E-state index contributed by atoms with van der Waals surface area (Å²) in [5, 5.41) is 13.2. The zero-order valence-electron chi connectivity index (χ0n) is 14.9. The molecule has 0 aromatic heterocycles. The van der Waals surface area contributed by atoms with Crippen LogP contribution in [-0.2, 0) is 14.8 Å². The lowest BCUT2D eigenvalue weighted by atomic mass is 10.2. The number of rotatable bonds is 5. The summed E-state index contributed by atoms with van der Waals surface area (Å²) in [6.45, 7) is 5.22. The van der Waals surface area contributed by atoms with Gasteiger partial charge < -0.3 is 4.74 Å². The van der Waals surface area contributed by atoms with Gasteiger partial charge in [0.1, 0.15) is 5.60 Å². The number of carbonyl (C=O) groups is 1. The Hall–Kier alpha value is -3.14. The highest BCUT2D eigenvalue weighted by molar-refractivity contribution is 7.92. The molecule has 0 radical (unpaired) electrons. The molecule has 0 saturated heterocycles. The van der Waals surface area contributed by atoms with Crippen molar-refractivity contribution in [2.75, 3.05) is 10.0 Å². The quantitative estimate of drug-likeness (QED) is 0.588. The third kappa shape index (κ3) is 5.96. The number of anilines is 2. The van der Waals surface area contributed by atoms with E-state index in [1.165, 1.54) is 24.3 Å². The van der Waals surface area contributed by atoms with Gasteiger partial charge >= 0.3 is 6.09 Å². The molecule has 10 heteroatoms. The second kappa shape index (κ2) is 7.62. The molecule has 144 valence electrons. The van der Waals surface area contributed by atoms with E-state index in [0.29, 0.717) is 5.69 Å². The van der Waals surface area contributed by atoms with Gasteiger partial charge in [-0.05, 0) is 57.2 Å². The van der Waals surface area contributed by atoms with Crippen molar-refractivity contribution in [3.63, 3.8) is 0 Å². The molecule has 0 saturated carbocycles. The van der Waals surface area contributed by atoms with Crippen molar-refractivity contribution in [1.82, 2.24) is 0 Å². The molecule has 0 aliphatic rings. The molecule has 2 aromatic rings. The first kappa shape index (κ1) is 20.2. The maximum Gasteiger partial charge on any atom is 0.412 e. The Morgan fingerprint density at radius 3 is 2.00 bits per heavy atom. The average Bonchev–Trinajstić information content (AvgIpc) is 2.55. The van der Waals surface area contributed by atoms with Crippen LogP contribution in [0.4, 0.5) is 21.9 Å². The first-order chi connectivity index (χ1) is 12.5. The maximum absolute atomic E-state index is 12.3. The number of nitrogens with one attached hydrogen (secondary N) is 2. The van der Waals surface area contributed by atoms with Crippen molar-refractivity contribution in [2.45, 2.75) is 31.3 Å². The van der Waals surface area contributed by atoms with Crippen molar-refractivity contribution in [1.29, 1.82) is 0 Å². The Morgan fingerprint density at radius 2 is 1.52 bits per heavy atom. The van der Waals surface area contributed by atoms with Gasteiger partial charge in [0.2, 0.25) is 0 Å². The normalized spacial score (nSPS) is 11.5. The van der Waals surface area contributed by atoms with E-state index in [-0.39, 0.29) is 16.3 Å². The fourth-order valence-electron chi connectivity index (χ4n) is 2.00. The lowest BCUT2D eigenvalue weighted by Gasteiger charge is -2.19. The SMILES string of the molecule is CC(C)(C)OC(=O)Nc1ccc(NS(=O)(=O)c2ccc([N+](=O)[O-])cc2)cc1. The van der Waals surface area contributed by atoms with Crippen LogP contribution >= 0.6 is 0 Å². The first-order valence-corrected chi connectivity index (χ1v) is 9.32. The third-order valence-electron chi connectivity index (χ3n) is 3.14. The minimum atomic E-state index is -3.90. The van der Waals surface area contributed by atoms with E-state index in [4.69, 9.17) is 4.74 Å². The smallest absolute Gasteiger partial charge is 0.412 e.